The van der Waals surface area contributed by atoms with Crippen molar-refractivity contribution in [3.05, 3.63) is 224 Å². The van der Waals surface area contributed by atoms with Gasteiger partial charge in [0.1, 0.15) is 11.2 Å². The zero-order valence-corrected chi connectivity index (χ0v) is 34.1. The number of rotatable bonds is 7. The molecule has 0 radical (unpaired) electrons. The van der Waals surface area contributed by atoms with E-state index in [0.29, 0.717) is 5.82 Å². The maximum atomic E-state index is 6.59. The Bertz CT molecular complexity index is 3640. The summed E-state index contributed by atoms with van der Waals surface area (Å²) in [6.45, 7) is 0. The molecule has 3 aromatic heterocycles. The highest BCUT2D eigenvalue weighted by atomic mass is 16.3. The first-order chi connectivity index (χ1) is 31.2. The number of hydrogen-bond acceptors (Lipinski definition) is 4. The average molecular weight is 804 g/mol. The summed E-state index contributed by atoms with van der Waals surface area (Å²) < 4.78 is 6.59. The molecule has 0 saturated heterocycles. The summed E-state index contributed by atoms with van der Waals surface area (Å²) in [5.41, 5.74) is 16.3. The fourth-order valence-corrected chi connectivity index (χ4v) is 9.03. The van der Waals surface area contributed by atoms with E-state index < -0.39 is 0 Å². The second-order valence-electron chi connectivity index (χ2n) is 15.9. The lowest BCUT2D eigenvalue weighted by atomic mass is 9.89. The molecule has 0 amide bonds. The Kier molecular flexibility index (Phi) is 8.79. The molecule has 3 heterocycles. The molecule has 63 heavy (non-hydrogen) atoms. The third-order valence-corrected chi connectivity index (χ3v) is 12.1. The van der Waals surface area contributed by atoms with E-state index in [1.165, 1.54) is 10.9 Å². The summed E-state index contributed by atoms with van der Waals surface area (Å²) in [4.78, 5) is 15.5. The minimum atomic E-state index is 0.694. The molecule has 0 N–H and O–H groups in total. The summed E-state index contributed by atoms with van der Waals surface area (Å²) in [5, 5.41) is 5.58. The second kappa shape index (κ2) is 15.2. The molecule has 0 bridgehead atoms. The van der Waals surface area contributed by atoms with Gasteiger partial charge in [-0.3, -0.25) is 0 Å². The van der Waals surface area contributed by atoms with Crippen molar-refractivity contribution in [2.45, 2.75) is 0 Å². The quantitative estimate of drug-likeness (QED) is 0.151. The maximum Gasteiger partial charge on any atom is 0.160 e. The van der Waals surface area contributed by atoms with E-state index in [0.717, 1.165) is 105 Å². The van der Waals surface area contributed by atoms with Crippen molar-refractivity contribution in [2.75, 3.05) is 0 Å². The molecule has 0 fully saturated rings. The zero-order chi connectivity index (χ0) is 41.7. The molecule has 12 aromatic rings. The van der Waals surface area contributed by atoms with Gasteiger partial charge >= 0.3 is 0 Å². The van der Waals surface area contributed by atoms with Crippen molar-refractivity contribution in [3.8, 4) is 78.5 Å². The van der Waals surface area contributed by atoms with Crippen LogP contribution in [0.5, 0.6) is 0 Å². The van der Waals surface area contributed by atoms with Gasteiger partial charge in [0, 0.05) is 54.7 Å². The van der Waals surface area contributed by atoms with Crippen molar-refractivity contribution in [1.29, 1.82) is 0 Å². The van der Waals surface area contributed by atoms with Crippen molar-refractivity contribution in [2.24, 2.45) is 0 Å². The monoisotopic (exact) mass is 803 g/mol. The van der Waals surface area contributed by atoms with E-state index in [-0.39, 0.29) is 0 Å². The summed E-state index contributed by atoms with van der Waals surface area (Å²) >= 11 is 0. The minimum Gasteiger partial charge on any atom is -0.456 e. The molecule has 294 valence electrons. The van der Waals surface area contributed by atoms with Crippen LogP contribution >= 0.6 is 0 Å². The molecule has 0 aliphatic heterocycles. The van der Waals surface area contributed by atoms with Gasteiger partial charge in [-0.2, -0.15) is 0 Å². The van der Waals surface area contributed by atoms with E-state index in [1.807, 2.05) is 30.3 Å². The van der Waals surface area contributed by atoms with Crippen molar-refractivity contribution in [1.82, 2.24) is 15.0 Å². The molecular weight excluding hydrogens is 767 g/mol. The third-order valence-electron chi connectivity index (χ3n) is 12.1. The van der Waals surface area contributed by atoms with Crippen LogP contribution in [0.25, 0.3) is 122 Å². The van der Waals surface area contributed by atoms with Crippen LogP contribution in [0.1, 0.15) is 0 Å². The molecular formula is C59H37N3O. The Balaban J connectivity index is 0.939. The van der Waals surface area contributed by atoms with E-state index in [1.54, 1.807) is 0 Å². The number of para-hydroxylation sites is 2. The average Bonchev–Trinajstić information content (AvgIpc) is 3.74. The van der Waals surface area contributed by atoms with Gasteiger partial charge in [-0.05, 0) is 58.1 Å². The summed E-state index contributed by atoms with van der Waals surface area (Å²) in [5.74, 6) is 0.694. The lowest BCUT2D eigenvalue weighted by molar-refractivity contribution is 0.669. The Morgan fingerprint density at radius 1 is 0.286 bits per heavy atom. The van der Waals surface area contributed by atoms with Gasteiger partial charge in [-0.1, -0.05) is 194 Å². The molecule has 0 saturated carbocycles. The molecule has 0 aliphatic carbocycles. The summed E-state index contributed by atoms with van der Waals surface area (Å²) in [6, 6.07) is 78.5. The highest BCUT2D eigenvalue weighted by molar-refractivity contribution is 6.27. The van der Waals surface area contributed by atoms with Crippen LogP contribution in [0.15, 0.2) is 229 Å². The van der Waals surface area contributed by atoms with E-state index in [9.17, 15) is 0 Å². The molecule has 4 heteroatoms. The molecule has 0 aliphatic rings. The first-order valence-electron chi connectivity index (χ1n) is 21.3. The van der Waals surface area contributed by atoms with E-state index in [4.69, 9.17) is 19.4 Å². The van der Waals surface area contributed by atoms with Crippen LogP contribution in [-0.2, 0) is 0 Å². The number of benzene rings is 9. The van der Waals surface area contributed by atoms with Gasteiger partial charge in [0.15, 0.2) is 5.82 Å². The lowest BCUT2D eigenvalue weighted by Gasteiger charge is -2.16. The van der Waals surface area contributed by atoms with E-state index in [2.05, 4.69) is 194 Å². The lowest BCUT2D eigenvalue weighted by Crippen LogP contribution is -1.96. The Morgan fingerprint density at radius 3 is 1.52 bits per heavy atom. The number of nitrogens with zero attached hydrogens (tertiary/aromatic N) is 3. The SMILES string of the molecule is c1ccc(-c2cccc(-c3cc(-c4ccc(-c5ccc(-c6nc7ccccc7c7c(-c8ccccc8)c8c(cc67)oc6ccccc68)cc5)cc4)nc(-c4ccccc4)n3)c2)cc1. The standard InChI is InChI=1S/C59H37N3O/c1-4-15-38(16-5-1)45-21-14-22-46(35-45)52-37-51(61-59(62-52)44-19-8-3-9-20-44)41-31-27-39(28-32-41)40-29-33-43(34-30-40)58-49-36-54-57(48-24-11-13-26-53(48)63-54)55(42-17-6-2-7-18-42)56(49)47-23-10-12-25-50(47)60-58/h1-37H. The molecule has 0 unspecified atom stereocenters. The Labute approximate surface area is 364 Å². The number of aromatic nitrogens is 3. The fraction of sp³-hybridized carbons (Fsp3) is 0. The Hall–Kier alpha value is -8.47. The number of fused-ring (bicyclic) bond motifs is 6. The zero-order valence-electron chi connectivity index (χ0n) is 34.1. The molecule has 0 atom stereocenters. The summed E-state index contributed by atoms with van der Waals surface area (Å²) in [7, 11) is 0. The molecule has 9 aromatic carbocycles. The van der Waals surface area contributed by atoms with Crippen LogP contribution < -0.4 is 0 Å². The molecule has 4 nitrogen and oxygen atoms in total. The largest absolute Gasteiger partial charge is 0.456 e. The van der Waals surface area contributed by atoms with Gasteiger partial charge in [-0.25, -0.2) is 15.0 Å². The van der Waals surface area contributed by atoms with Crippen LogP contribution in [0.4, 0.5) is 0 Å². The van der Waals surface area contributed by atoms with Gasteiger partial charge < -0.3 is 4.42 Å². The second-order valence-corrected chi connectivity index (χ2v) is 15.9. The van der Waals surface area contributed by atoms with Crippen molar-refractivity contribution < 1.29 is 4.42 Å². The molecule has 0 spiro atoms. The van der Waals surface area contributed by atoms with Gasteiger partial charge in [-0.15, -0.1) is 0 Å². The van der Waals surface area contributed by atoms with Crippen LogP contribution in [-0.4, -0.2) is 15.0 Å². The topological polar surface area (TPSA) is 51.8 Å². The minimum absolute atomic E-state index is 0.694. The summed E-state index contributed by atoms with van der Waals surface area (Å²) in [6.07, 6.45) is 0. The predicted octanol–water partition coefficient (Wildman–Crippen LogP) is 15.7. The van der Waals surface area contributed by atoms with Gasteiger partial charge in [0.25, 0.3) is 0 Å². The van der Waals surface area contributed by atoms with Crippen LogP contribution in [0.3, 0.4) is 0 Å². The van der Waals surface area contributed by atoms with E-state index >= 15 is 0 Å². The highest BCUT2D eigenvalue weighted by Gasteiger charge is 2.21. The smallest absolute Gasteiger partial charge is 0.160 e. The fourth-order valence-electron chi connectivity index (χ4n) is 9.03. The van der Waals surface area contributed by atoms with Gasteiger partial charge in [0.2, 0.25) is 0 Å². The predicted molar refractivity (Wildman–Crippen MR) is 260 cm³/mol. The highest BCUT2D eigenvalue weighted by Crippen LogP contribution is 2.46. The van der Waals surface area contributed by atoms with Crippen LogP contribution in [0, 0.1) is 0 Å². The van der Waals surface area contributed by atoms with Crippen molar-refractivity contribution in [3.63, 3.8) is 0 Å². The van der Waals surface area contributed by atoms with Gasteiger partial charge in [0.05, 0.1) is 22.6 Å². The first kappa shape index (κ1) is 36.4. The maximum absolute atomic E-state index is 6.59. The van der Waals surface area contributed by atoms with Crippen LogP contribution in [0.2, 0.25) is 0 Å². The number of hydrogen-bond donors (Lipinski definition) is 0. The third kappa shape index (κ3) is 6.53. The number of furan rings is 1. The Morgan fingerprint density at radius 2 is 0.810 bits per heavy atom. The first-order valence-corrected chi connectivity index (χ1v) is 21.3. The van der Waals surface area contributed by atoms with Crippen molar-refractivity contribution >= 4 is 43.6 Å². The molecule has 12 rings (SSSR count). The number of pyridine rings is 1. The normalized spacial score (nSPS) is 11.5.